The Morgan fingerprint density at radius 2 is 2.14 bits per heavy atom. The Labute approximate surface area is 130 Å². The molecule has 0 N–H and O–H groups in total. The van der Waals surface area contributed by atoms with E-state index in [2.05, 4.69) is 9.97 Å². The van der Waals surface area contributed by atoms with Crippen LogP contribution >= 0.6 is 0 Å². The SMILES string of the molecule is CN(C)S(=O)(=O)N1CCC[C@H]1c1cccc(-n2ccnc2)n1. The van der Waals surface area contributed by atoms with Crippen LogP contribution in [0.1, 0.15) is 24.6 Å². The summed E-state index contributed by atoms with van der Waals surface area (Å²) in [5, 5.41) is 0. The molecule has 2 aromatic rings. The van der Waals surface area contributed by atoms with Gasteiger partial charge in [0.2, 0.25) is 0 Å². The molecule has 0 bridgehead atoms. The summed E-state index contributed by atoms with van der Waals surface area (Å²) in [5.74, 6) is 0.740. The fourth-order valence-electron chi connectivity index (χ4n) is 2.69. The van der Waals surface area contributed by atoms with E-state index >= 15 is 0 Å². The normalized spacial score (nSPS) is 19.9. The first-order chi connectivity index (χ1) is 10.5. The van der Waals surface area contributed by atoms with Crippen molar-refractivity contribution in [1.82, 2.24) is 23.1 Å². The molecule has 8 heteroatoms. The Balaban J connectivity index is 1.95. The van der Waals surface area contributed by atoms with Crippen LogP contribution in [0.3, 0.4) is 0 Å². The lowest BCUT2D eigenvalue weighted by molar-refractivity contribution is 0.358. The Bertz CT molecular complexity index is 742. The minimum Gasteiger partial charge on any atom is -0.291 e. The molecule has 22 heavy (non-hydrogen) atoms. The van der Waals surface area contributed by atoms with E-state index in [-0.39, 0.29) is 6.04 Å². The second kappa shape index (κ2) is 5.79. The molecule has 2 aromatic heterocycles. The van der Waals surface area contributed by atoms with Gasteiger partial charge in [0, 0.05) is 33.0 Å². The van der Waals surface area contributed by atoms with E-state index in [0.717, 1.165) is 24.4 Å². The summed E-state index contributed by atoms with van der Waals surface area (Å²) in [7, 11) is -0.322. The number of aromatic nitrogens is 3. The fraction of sp³-hybridized carbons (Fsp3) is 0.429. The number of hydrogen-bond acceptors (Lipinski definition) is 4. The highest BCUT2D eigenvalue weighted by Crippen LogP contribution is 2.34. The topological polar surface area (TPSA) is 71.3 Å². The molecular weight excluding hydrogens is 302 g/mol. The summed E-state index contributed by atoms with van der Waals surface area (Å²) < 4.78 is 29.5. The van der Waals surface area contributed by atoms with Gasteiger partial charge >= 0.3 is 0 Å². The molecule has 1 fully saturated rings. The van der Waals surface area contributed by atoms with Crippen molar-refractivity contribution >= 4 is 10.2 Å². The van der Waals surface area contributed by atoms with Gasteiger partial charge in [-0.1, -0.05) is 6.07 Å². The maximum Gasteiger partial charge on any atom is 0.282 e. The van der Waals surface area contributed by atoms with E-state index in [1.807, 2.05) is 29.0 Å². The van der Waals surface area contributed by atoms with E-state index in [0.29, 0.717) is 6.54 Å². The highest BCUT2D eigenvalue weighted by Gasteiger charge is 2.37. The Kier molecular flexibility index (Phi) is 3.98. The van der Waals surface area contributed by atoms with Crippen molar-refractivity contribution in [2.24, 2.45) is 0 Å². The van der Waals surface area contributed by atoms with Crippen molar-refractivity contribution in [1.29, 1.82) is 0 Å². The van der Waals surface area contributed by atoms with Gasteiger partial charge in [0.1, 0.15) is 12.1 Å². The maximum absolute atomic E-state index is 12.4. The minimum atomic E-state index is -3.43. The molecule has 0 radical (unpaired) electrons. The van der Waals surface area contributed by atoms with Crippen LogP contribution in [0, 0.1) is 0 Å². The van der Waals surface area contributed by atoms with E-state index in [9.17, 15) is 8.42 Å². The molecule has 1 saturated heterocycles. The predicted octanol–water partition coefficient (Wildman–Crippen LogP) is 1.21. The zero-order chi connectivity index (χ0) is 15.7. The minimum absolute atomic E-state index is 0.212. The van der Waals surface area contributed by atoms with Gasteiger partial charge in [-0.05, 0) is 25.0 Å². The molecule has 7 nitrogen and oxygen atoms in total. The zero-order valence-corrected chi connectivity index (χ0v) is 13.4. The fourth-order valence-corrected chi connectivity index (χ4v) is 4.00. The van der Waals surface area contributed by atoms with Crippen LogP contribution in [-0.2, 0) is 10.2 Å². The Morgan fingerprint density at radius 1 is 1.32 bits per heavy atom. The molecule has 0 amide bonds. The average Bonchev–Trinajstić information content (AvgIpc) is 3.19. The van der Waals surface area contributed by atoms with Gasteiger partial charge in [0.05, 0.1) is 11.7 Å². The van der Waals surface area contributed by atoms with Crippen molar-refractivity contribution < 1.29 is 8.42 Å². The van der Waals surface area contributed by atoms with Gasteiger partial charge in [-0.3, -0.25) is 4.57 Å². The van der Waals surface area contributed by atoms with Crippen molar-refractivity contribution in [3.8, 4) is 5.82 Å². The number of imidazole rings is 1. The Hall–Kier alpha value is -1.77. The van der Waals surface area contributed by atoms with Crippen molar-refractivity contribution in [3.05, 3.63) is 42.6 Å². The molecule has 0 spiro atoms. The average molecular weight is 321 g/mol. The molecule has 3 rings (SSSR count). The van der Waals surface area contributed by atoms with Crippen molar-refractivity contribution in [2.45, 2.75) is 18.9 Å². The number of rotatable bonds is 4. The molecule has 1 aliphatic rings. The van der Waals surface area contributed by atoms with E-state index in [4.69, 9.17) is 0 Å². The molecule has 0 unspecified atom stereocenters. The molecule has 0 saturated carbocycles. The second-order valence-corrected chi connectivity index (χ2v) is 7.54. The molecule has 0 aromatic carbocycles. The number of hydrogen-bond donors (Lipinski definition) is 0. The van der Waals surface area contributed by atoms with Gasteiger partial charge in [-0.15, -0.1) is 0 Å². The highest BCUT2D eigenvalue weighted by molar-refractivity contribution is 7.86. The third-order valence-corrected chi connectivity index (χ3v) is 5.78. The third kappa shape index (κ3) is 2.65. The van der Waals surface area contributed by atoms with Gasteiger partial charge in [0.25, 0.3) is 10.2 Å². The molecule has 118 valence electrons. The van der Waals surface area contributed by atoms with Crippen LogP contribution in [-0.4, -0.2) is 52.2 Å². The molecule has 3 heterocycles. The predicted molar refractivity (Wildman–Crippen MR) is 82.6 cm³/mol. The molecule has 1 atom stereocenters. The van der Waals surface area contributed by atoms with Crippen LogP contribution in [0.25, 0.3) is 5.82 Å². The standard InChI is InChI=1S/C14H19N5O2S/c1-17(2)22(20,21)19-9-4-6-13(19)12-5-3-7-14(16-12)18-10-8-15-11-18/h3,5,7-8,10-11,13H,4,6,9H2,1-2H3/t13-/m0/s1. The van der Waals surface area contributed by atoms with Crippen LogP contribution in [0.15, 0.2) is 36.9 Å². The summed E-state index contributed by atoms with van der Waals surface area (Å²) in [6.07, 6.45) is 6.80. The van der Waals surface area contributed by atoms with E-state index in [1.54, 1.807) is 26.6 Å². The second-order valence-electron chi connectivity index (χ2n) is 5.45. The smallest absolute Gasteiger partial charge is 0.282 e. The largest absolute Gasteiger partial charge is 0.291 e. The lowest BCUT2D eigenvalue weighted by Crippen LogP contribution is -2.39. The lowest BCUT2D eigenvalue weighted by atomic mass is 10.1. The summed E-state index contributed by atoms with van der Waals surface area (Å²) in [4.78, 5) is 8.63. The zero-order valence-electron chi connectivity index (χ0n) is 12.6. The van der Waals surface area contributed by atoms with Crippen LogP contribution in [0.2, 0.25) is 0 Å². The number of nitrogens with zero attached hydrogens (tertiary/aromatic N) is 5. The number of pyridine rings is 1. The first-order valence-electron chi connectivity index (χ1n) is 7.15. The quantitative estimate of drug-likeness (QED) is 0.848. The summed E-state index contributed by atoms with van der Waals surface area (Å²) in [6.45, 7) is 0.530. The van der Waals surface area contributed by atoms with Crippen molar-refractivity contribution in [3.63, 3.8) is 0 Å². The molecular formula is C14H19N5O2S. The monoisotopic (exact) mass is 321 g/mol. The third-order valence-electron chi connectivity index (χ3n) is 3.83. The van der Waals surface area contributed by atoms with Crippen LogP contribution < -0.4 is 0 Å². The van der Waals surface area contributed by atoms with Gasteiger partial charge < -0.3 is 0 Å². The van der Waals surface area contributed by atoms with Gasteiger partial charge in [0.15, 0.2) is 0 Å². The van der Waals surface area contributed by atoms with Crippen molar-refractivity contribution in [2.75, 3.05) is 20.6 Å². The summed E-state index contributed by atoms with van der Waals surface area (Å²) in [6, 6.07) is 5.45. The van der Waals surface area contributed by atoms with Gasteiger partial charge in [-0.2, -0.15) is 17.0 Å². The Morgan fingerprint density at radius 3 is 2.82 bits per heavy atom. The maximum atomic E-state index is 12.4. The molecule has 0 aliphatic carbocycles. The summed E-state index contributed by atoms with van der Waals surface area (Å²) in [5.41, 5.74) is 0.772. The van der Waals surface area contributed by atoms with E-state index in [1.165, 1.54) is 8.61 Å². The van der Waals surface area contributed by atoms with Crippen LogP contribution in [0.5, 0.6) is 0 Å². The van der Waals surface area contributed by atoms with E-state index < -0.39 is 10.2 Å². The van der Waals surface area contributed by atoms with Crippen LogP contribution in [0.4, 0.5) is 0 Å². The lowest BCUT2D eigenvalue weighted by Gasteiger charge is -2.26. The highest BCUT2D eigenvalue weighted by atomic mass is 32.2. The summed E-state index contributed by atoms with van der Waals surface area (Å²) >= 11 is 0. The first kappa shape index (κ1) is 15.1. The first-order valence-corrected chi connectivity index (χ1v) is 8.54. The molecule has 1 aliphatic heterocycles. The van der Waals surface area contributed by atoms with Gasteiger partial charge in [-0.25, -0.2) is 9.97 Å².